The van der Waals surface area contributed by atoms with Gasteiger partial charge in [0.25, 0.3) is 0 Å². The number of nitrogens with zero attached hydrogens (tertiary/aromatic N) is 1. The van der Waals surface area contributed by atoms with Crippen molar-refractivity contribution in [2.45, 2.75) is 31.3 Å². The Bertz CT molecular complexity index is 481. The second-order valence-electron chi connectivity index (χ2n) is 4.29. The minimum atomic E-state index is -3.40. The lowest BCUT2D eigenvalue weighted by Gasteiger charge is -2.16. The first-order valence-electron chi connectivity index (χ1n) is 5.77. The van der Waals surface area contributed by atoms with E-state index in [0.717, 1.165) is 12.8 Å². The summed E-state index contributed by atoms with van der Waals surface area (Å²) in [4.78, 5) is 0.812. The van der Waals surface area contributed by atoms with Gasteiger partial charge >= 0.3 is 0 Å². The van der Waals surface area contributed by atoms with Crippen LogP contribution in [0.15, 0.2) is 16.3 Å². The summed E-state index contributed by atoms with van der Waals surface area (Å²) >= 11 is 1.29. The summed E-state index contributed by atoms with van der Waals surface area (Å²) < 4.78 is 26.3. The minimum Gasteiger partial charge on any atom is -0.391 e. The molecule has 0 bridgehead atoms. The van der Waals surface area contributed by atoms with Gasteiger partial charge in [-0.25, -0.2) is 8.42 Å². The summed E-state index contributed by atoms with van der Waals surface area (Å²) in [6.07, 6.45) is 1.96. The molecule has 96 valence electrons. The zero-order chi connectivity index (χ0) is 12.5. The van der Waals surface area contributed by atoms with Crippen molar-refractivity contribution in [2.24, 2.45) is 5.92 Å². The lowest BCUT2D eigenvalue weighted by Crippen LogP contribution is -2.29. The van der Waals surface area contributed by atoms with Crippen molar-refractivity contribution in [1.29, 1.82) is 0 Å². The van der Waals surface area contributed by atoms with E-state index in [1.54, 1.807) is 15.8 Å². The highest BCUT2D eigenvalue weighted by atomic mass is 32.2. The van der Waals surface area contributed by atoms with Gasteiger partial charge in [-0.15, -0.1) is 11.3 Å². The molecule has 0 aliphatic carbocycles. The van der Waals surface area contributed by atoms with Crippen molar-refractivity contribution in [3.63, 3.8) is 0 Å². The van der Waals surface area contributed by atoms with Crippen LogP contribution in [0.3, 0.4) is 0 Å². The monoisotopic (exact) mass is 275 g/mol. The molecule has 1 aromatic heterocycles. The minimum absolute atomic E-state index is 0.211. The number of hydrogen-bond acceptors (Lipinski definition) is 4. The maximum absolute atomic E-state index is 12.4. The predicted molar refractivity (Wildman–Crippen MR) is 67.4 cm³/mol. The van der Waals surface area contributed by atoms with Crippen LogP contribution >= 0.6 is 11.3 Å². The van der Waals surface area contributed by atoms with Gasteiger partial charge in [0, 0.05) is 18.0 Å². The summed E-state index contributed by atoms with van der Waals surface area (Å²) in [6, 6.07) is 1.59. The van der Waals surface area contributed by atoms with Gasteiger partial charge in [0.2, 0.25) is 10.0 Å². The normalized spacial score (nSPS) is 22.1. The molecule has 17 heavy (non-hydrogen) atoms. The van der Waals surface area contributed by atoms with Crippen molar-refractivity contribution < 1.29 is 13.5 Å². The first kappa shape index (κ1) is 13.0. The van der Waals surface area contributed by atoms with E-state index < -0.39 is 10.0 Å². The third kappa shape index (κ3) is 2.40. The number of thiophene rings is 1. The highest BCUT2D eigenvalue weighted by Gasteiger charge is 2.33. The molecule has 4 nitrogen and oxygen atoms in total. The molecule has 0 saturated carbocycles. The number of aliphatic hydroxyl groups is 1. The van der Waals surface area contributed by atoms with Gasteiger partial charge < -0.3 is 5.11 Å². The van der Waals surface area contributed by atoms with Crippen LogP contribution in [-0.4, -0.2) is 30.9 Å². The van der Waals surface area contributed by atoms with E-state index in [-0.39, 0.29) is 11.5 Å². The third-order valence-corrected chi connectivity index (χ3v) is 6.28. The Hall–Kier alpha value is -0.430. The molecular formula is C11H17NO3S2. The van der Waals surface area contributed by atoms with Gasteiger partial charge in [0.1, 0.15) is 0 Å². The molecule has 1 saturated heterocycles. The Kier molecular flexibility index (Phi) is 3.87. The fourth-order valence-electron chi connectivity index (χ4n) is 2.16. The summed E-state index contributed by atoms with van der Waals surface area (Å²) in [6.45, 7) is 3.09. The van der Waals surface area contributed by atoms with E-state index >= 15 is 0 Å². The van der Waals surface area contributed by atoms with Crippen molar-refractivity contribution in [3.8, 4) is 0 Å². The molecule has 0 aromatic carbocycles. The SMILES string of the molecule is CCC1CCN(S(=O)(=O)c2ccsc2CO)C1. The smallest absolute Gasteiger partial charge is 0.244 e. The number of sulfonamides is 1. The molecule has 2 heterocycles. The largest absolute Gasteiger partial charge is 0.391 e. The van der Waals surface area contributed by atoms with Crippen LogP contribution in [0, 0.1) is 5.92 Å². The fraction of sp³-hybridized carbons (Fsp3) is 0.636. The van der Waals surface area contributed by atoms with Gasteiger partial charge in [-0.2, -0.15) is 4.31 Å². The van der Waals surface area contributed by atoms with Gasteiger partial charge in [0.15, 0.2) is 0 Å². The first-order valence-corrected chi connectivity index (χ1v) is 8.09. The summed E-state index contributed by atoms with van der Waals surface area (Å²) in [5.74, 6) is 0.473. The van der Waals surface area contributed by atoms with E-state index in [1.165, 1.54) is 11.3 Å². The van der Waals surface area contributed by atoms with Gasteiger partial charge in [-0.3, -0.25) is 0 Å². The van der Waals surface area contributed by atoms with Crippen LogP contribution in [0.25, 0.3) is 0 Å². The van der Waals surface area contributed by atoms with E-state index in [1.807, 2.05) is 0 Å². The van der Waals surface area contributed by atoms with Crippen molar-refractivity contribution >= 4 is 21.4 Å². The molecule has 1 fully saturated rings. The fourth-order valence-corrected chi connectivity index (χ4v) is 4.96. The molecule has 1 aromatic rings. The lowest BCUT2D eigenvalue weighted by atomic mass is 10.1. The average Bonchev–Trinajstić information content (AvgIpc) is 2.97. The molecule has 2 rings (SSSR count). The van der Waals surface area contributed by atoms with E-state index in [2.05, 4.69) is 6.92 Å². The van der Waals surface area contributed by atoms with Crippen LogP contribution < -0.4 is 0 Å². The number of hydrogen-bond donors (Lipinski definition) is 1. The van der Waals surface area contributed by atoms with Crippen LogP contribution in [0.5, 0.6) is 0 Å². The number of aliphatic hydroxyl groups excluding tert-OH is 1. The van der Waals surface area contributed by atoms with E-state index in [4.69, 9.17) is 5.11 Å². The molecule has 0 radical (unpaired) electrons. The Labute approximate surface area is 106 Å². The van der Waals surface area contributed by atoms with Gasteiger partial charge in [-0.1, -0.05) is 13.3 Å². The number of rotatable bonds is 4. The zero-order valence-electron chi connectivity index (χ0n) is 9.80. The molecule has 1 unspecified atom stereocenters. The van der Waals surface area contributed by atoms with Crippen molar-refractivity contribution in [1.82, 2.24) is 4.31 Å². The predicted octanol–water partition coefficient (Wildman–Crippen LogP) is 1.66. The Balaban J connectivity index is 2.26. The molecule has 1 aliphatic heterocycles. The molecule has 1 atom stereocenters. The van der Waals surface area contributed by atoms with Crippen LogP contribution in [-0.2, 0) is 16.6 Å². The molecular weight excluding hydrogens is 258 g/mol. The Morgan fingerprint density at radius 1 is 1.59 bits per heavy atom. The lowest BCUT2D eigenvalue weighted by molar-refractivity contribution is 0.282. The van der Waals surface area contributed by atoms with Crippen LogP contribution in [0.1, 0.15) is 24.6 Å². The maximum atomic E-state index is 12.4. The highest BCUT2D eigenvalue weighted by Crippen LogP contribution is 2.29. The third-order valence-electron chi connectivity index (χ3n) is 3.29. The topological polar surface area (TPSA) is 57.6 Å². The zero-order valence-corrected chi connectivity index (χ0v) is 11.4. The van der Waals surface area contributed by atoms with Gasteiger partial charge in [0.05, 0.1) is 11.5 Å². The highest BCUT2D eigenvalue weighted by molar-refractivity contribution is 7.89. The first-order chi connectivity index (χ1) is 8.09. The molecule has 0 spiro atoms. The summed E-state index contributed by atoms with van der Waals surface area (Å²) in [5, 5.41) is 10.9. The summed E-state index contributed by atoms with van der Waals surface area (Å²) in [5.41, 5.74) is 0. The second-order valence-corrected chi connectivity index (χ2v) is 7.20. The molecule has 6 heteroatoms. The van der Waals surface area contributed by atoms with Crippen LogP contribution in [0.4, 0.5) is 0 Å². The van der Waals surface area contributed by atoms with Gasteiger partial charge in [-0.05, 0) is 23.8 Å². The molecule has 0 amide bonds. The van der Waals surface area contributed by atoms with Crippen molar-refractivity contribution in [3.05, 3.63) is 16.3 Å². The average molecular weight is 275 g/mol. The maximum Gasteiger partial charge on any atom is 0.244 e. The van der Waals surface area contributed by atoms with Crippen molar-refractivity contribution in [2.75, 3.05) is 13.1 Å². The second kappa shape index (κ2) is 5.06. The standard InChI is InChI=1S/C11H17NO3S2/c1-2-9-3-5-12(7-9)17(14,15)11-4-6-16-10(11)8-13/h4,6,9,13H,2-3,5,7-8H2,1H3. The molecule has 1 N–H and O–H groups in total. The summed E-state index contributed by atoms with van der Waals surface area (Å²) in [7, 11) is -3.40. The van der Waals surface area contributed by atoms with Crippen LogP contribution in [0.2, 0.25) is 0 Å². The van der Waals surface area contributed by atoms with E-state index in [9.17, 15) is 8.42 Å². The quantitative estimate of drug-likeness (QED) is 0.909. The van der Waals surface area contributed by atoms with E-state index in [0.29, 0.717) is 23.9 Å². The Morgan fingerprint density at radius 2 is 2.35 bits per heavy atom. The molecule has 1 aliphatic rings. The Morgan fingerprint density at radius 3 is 2.94 bits per heavy atom.